The van der Waals surface area contributed by atoms with E-state index in [-0.39, 0.29) is 5.56 Å². The van der Waals surface area contributed by atoms with E-state index in [1.807, 2.05) is 0 Å². The van der Waals surface area contributed by atoms with Gasteiger partial charge in [-0.05, 0) is 54.6 Å². The predicted molar refractivity (Wildman–Crippen MR) is 83.1 cm³/mol. The monoisotopic (exact) mass is 340 g/mol. The fourth-order valence-corrected chi connectivity index (χ4v) is 2.78. The minimum absolute atomic E-state index is 0.0301. The molecule has 0 bridgehead atoms. The van der Waals surface area contributed by atoms with Gasteiger partial charge in [0.2, 0.25) is 0 Å². The Labute approximate surface area is 127 Å². The van der Waals surface area contributed by atoms with E-state index >= 15 is 0 Å². The van der Waals surface area contributed by atoms with Crippen LogP contribution in [-0.2, 0) is 6.54 Å². The number of hydrogen-bond acceptors (Lipinski definition) is 4. The van der Waals surface area contributed by atoms with Crippen molar-refractivity contribution in [2.75, 3.05) is 25.5 Å². The third-order valence-electron chi connectivity index (χ3n) is 4.06. The van der Waals surface area contributed by atoms with Crippen molar-refractivity contribution in [3.63, 3.8) is 0 Å². The second-order valence-electron chi connectivity index (χ2n) is 5.94. The minimum atomic E-state index is -0.0301. The first-order chi connectivity index (χ1) is 9.65. The van der Waals surface area contributed by atoms with Gasteiger partial charge < -0.3 is 10.2 Å². The quantitative estimate of drug-likeness (QED) is 0.823. The standard InChI is InChI=1S/C14H21BrN4O/c1-18(11-4-5-11)7-6-16-12-8-17-19(9-10-2-3-10)14(20)13(12)15/h8,10-11,16H,2-7,9H2,1H3. The highest BCUT2D eigenvalue weighted by atomic mass is 79.9. The number of aromatic nitrogens is 2. The second-order valence-corrected chi connectivity index (χ2v) is 6.73. The third-order valence-corrected chi connectivity index (χ3v) is 4.83. The van der Waals surface area contributed by atoms with Crippen molar-refractivity contribution in [3.8, 4) is 0 Å². The van der Waals surface area contributed by atoms with Gasteiger partial charge in [-0.3, -0.25) is 4.79 Å². The van der Waals surface area contributed by atoms with Gasteiger partial charge in [0.15, 0.2) is 0 Å². The van der Waals surface area contributed by atoms with Gasteiger partial charge in [0, 0.05) is 25.7 Å². The van der Waals surface area contributed by atoms with Crippen molar-refractivity contribution in [3.05, 3.63) is 21.0 Å². The molecule has 0 saturated heterocycles. The maximum atomic E-state index is 12.2. The van der Waals surface area contributed by atoms with Gasteiger partial charge in [0.25, 0.3) is 5.56 Å². The van der Waals surface area contributed by atoms with Crippen LogP contribution in [0.25, 0.3) is 0 Å². The predicted octanol–water partition coefficient (Wildman–Crippen LogP) is 1.92. The highest BCUT2D eigenvalue weighted by Gasteiger charge is 2.25. The zero-order valence-corrected chi connectivity index (χ0v) is 13.4. The summed E-state index contributed by atoms with van der Waals surface area (Å²) >= 11 is 3.40. The van der Waals surface area contributed by atoms with Crippen molar-refractivity contribution < 1.29 is 0 Å². The Morgan fingerprint density at radius 2 is 2.20 bits per heavy atom. The molecule has 110 valence electrons. The topological polar surface area (TPSA) is 50.2 Å². The maximum Gasteiger partial charge on any atom is 0.283 e. The van der Waals surface area contributed by atoms with Crippen molar-refractivity contribution in [1.82, 2.24) is 14.7 Å². The number of rotatable bonds is 7. The fourth-order valence-electron chi connectivity index (χ4n) is 2.33. The highest BCUT2D eigenvalue weighted by Crippen LogP contribution is 2.30. The molecule has 0 radical (unpaired) electrons. The lowest BCUT2D eigenvalue weighted by Gasteiger charge is -2.16. The zero-order chi connectivity index (χ0) is 14.1. The van der Waals surface area contributed by atoms with Crippen LogP contribution in [0.1, 0.15) is 25.7 Å². The smallest absolute Gasteiger partial charge is 0.283 e. The van der Waals surface area contributed by atoms with Gasteiger partial charge in [-0.15, -0.1) is 0 Å². The van der Waals surface area contributed by atoms with E-state index in [1.54, 1.807) is 10.9 Å². The van der Waals surface area contributed by atoms with Gasteiger partial charge in [0.05, 0.1) is 11.9 Å². The zero-order valence-electron chi connectivity index (χ0n) is 11.8. The van der Waals surface area contributed by atoms with Gasteiger partial charge in [-0.25, -0.2) is 4.68 Å². The van der Waals surface area contributed by atoms with Crippen LogP contribution in [0.3, 0.4) is 0 Å². The number of halogens is 1. The van der Waals surface area contributed by atoms with E-state index < -0.39 is 0 Å². The largest absolute Gasteiger partial charge is 0.381 e. The molecular weight excluding hydrogens is 320 g/mol. The van der Waals surface area contributed by atoms with Crippen LogP contribution in [0.2, 0.25) is 0 Å². The van der Waals surface area contributed by atoms with Crippen LogP contribution in [0.15, 0.2) is 15.5 Å². The Hall–Kier alpha value is -0.880. The number of hydrogen-bond donors (Lipinski definition) is 1. The van der Waals surface area contributed by atoms with E-state index in [9.17, 15) is 4.79 Å². The molecule has 1 N–H and O–H groups in total. The van der Waals surface area contributed by atoms with Crippen LogP contribution in [0.5, 0.6) is 0 Å². The van der Waals surface area contributed by atoms with Gasteiger partial charge in [-0.2, -0.15) is 5.10 Å². The molecule has 0 spiro atoms. The number of nitrogens with zero attached hydrogens (tertiary/aromatic N) is 3. The Bertz CT molecular complexity index is 536. The first-order valence-corrected chi connectivity index (χ1v) is 8.14. The molecule has 20 heavy (non-hydrogen) atoms. The molecule has 0 aliphatic heterocycles. The van der Waals surface area contributed by atoms with Gasteiger partial charge in [-0.1, -0.05) is 0 Å². The highest BCUT2D eigenvalue weighted by molar-refractivity contribution is 9.10. The van der Waals surface area contributed by atoms with E-state index in [0.29, 0.717) is 10.4 Å². The van der Waals surface area contributed by atoms with Crippen LogP contribution >= 0.6 is 15.9 Å². The van der Waals surface area contributed by atoms with Crippen LogP contribution in [0, 0.1) is 5.92 Å². The van der Waals surface area contributed by atoms with Crippen molar-refractivity contribution >= 4 is 21.6 Å². The lowest BCUT2D eigenvalue weighted by atomic mass is 10.4. The summed E-state index contributed by atoms with van der Waals surface area (Å²) in [7, 11) is 2.15. The Morgan fingerprint density at radius 3 is 2.85 bits per heavy atom. The van der Waals surface area contributed by atoms with Crippen molar-refractivity contribution in [1.29, 1.82) is 0 Å². The third kappa shape index (κ3) is 3.41. The summed E-state index contributed by atoms with van der Waals surface area (Å²) in [6.45, 7) is 2.57. The molecule has 1 aromatic rings. The summed E-state index contributed by atoms with van der Waals surface area (Å²) in [6.07, 6.45) is 6.83. The van der Waals surface area contributed by atoms with E-state index in [1.165, 1.54) is 25.7 Å². The number of likely N-dealkylation sites (N-methyl/N-ethyl adjacent to an activating group) is 1. The number of nitrogens with one attached hydrogen (secondary N) is 1. The van der Waals surface area contributed by atoms with Crippen LogP contribution in [0.4, 0.5) is 5.69 Å². The molecule has 6 heteroatoms. The summed E-state index contributed by atoms with van der Waals surface area (Å²) in [4.78, 5) is 14.5. The maximum absolute atomic E-state index is 12.2. The summed E-state index contributed by atoms with van der Waals surface area (Å²) in [5.41, 5.74) is 0.767. The molecule has 1 heterocycles. The summed E-state index contributed by atoms with van der Waals surface area (Å²) in [5, 5.41) is 7.56. The van der Waals surface area contributed by atoms with Gasteiger partial charge in [0.1, 0.15) is 4.47 Å². The molecule has 2 fully saturated rings. The second kappa shape index (κ2) is 5.85. The van der Waals surface area contributed by atoms with Crippen molar-refractivity contribution in [2.24, 2.45) is 5.92 Å². The average Bonchev–Trinajstić information content (AvgIpc) is 3.29. The van der Waals surface area contributed by atoms with E-state index in [0.717, 1.165) is 31.4 Å². The molecule has 2 saturated carbocycles. The summed E-state index contributed by atoms with van der Waals surface area (Å²) < 4.78 is 2.17. The van der Waals surface area contributed by atoms with Crippen LogP contribution < -0.4 is 10.9 Å². The Balaban J connectivity index is 1.58. The van der Waals surface area contributed by atoms with Crippen LogP contribution in [-0.4, -0.2) is 40.9 Å². The lowest BCUT2D eigenvalue weighted by Crippen LogP contribution is -2.29. The molecule has 0 unspecified atom stereocenters. The summed E-state index contributed by atoms with van der Waals surface area (Å²) in [5.74, 6) is 0.651. The number of anilines is 1. The normalized spacial score (nSPS) is 18.6. The molecule has 3 rings (SSSR count). The summed E-state index contributed by atoms with van der Waals surface area (Å²) in [6, 6.07) is 0.768. The molecular formula is C14H21BrN4O. The molecule has 0 atom stereocenters. The first kappa shape index (κ1) is 14.1. The fraction of sp³-hybridized carbons (Fsp3) is 0.714. The Kier molecular flexibility index (Phi) is 4.12. The first-order valence-electron chi connectivity index (χ1n) is 7.35. The molecule has 2 aliphatic carbocycles. The lowest BCUT2D eigenvalue weighted by molar-refractivity contribution is 0.337. The average molecular weight is 341 g/mol. The Morgan fingerprint density at radius 1 is 1.45 bits per heavy atom. The molecule has 5 nitrogen and oxygen atoms in total. The molecule has 0 aromatic carbocycles. The SMILES string of the molecule is CN(CCNc1cnn(CC2CC2)c(=O)c1Br)C1CC1. The molecule has 1 aromatic heterocycles. The molecule has 2 aliphatic rings. The molecule has 0 amide bonds. The van der Waals surface area contributed by atoms with Gasteiger partial charge >= 0.3 is 0 Å². The van der Waals surface area contributed by atoms with E-state index in [4.69, 9.17) is 0 Å². The van der Waals surface area contributed by atoms with E-state index in [2.05, 4.69) is 38.3 Å². The minimum Gasteiger partial charge on any atom is -0.381 e. The van der Waals surface area contributed by atoms with Crippen molar-refractivity contribution in [2.45, 2.75) is 38.3 Å².